The highest BCUT2D eigenvalue weighted by Gasteiger charge is 2.10. The van der Waals surface area contributed by atoms with Crippen molar-refractivity contribution in [3.05, 3.63) is 28.2 Å². The number of halogens is 1. The normalized spacial score (nSPS) is 10.3. The highest BCUT2D eigenvalue weighted by molar-refractivity contribution is 9.10. The van der Waals surface area contributed by atoms with Crippen molar-refractivity contribution in [3.63, 3.8) is 0 Å². The predicted molar refractivity (Wildman–Crippen MR) is 75.2 cm³/mol. The summed E-state index contributed by atoms with van der Waals surface area (Å²) >= 11 is 3.41. The van der Waals surface area contributed by atoms with Gasteiger partial charge in [0.2, 0.25) is 0 Å². The summed E-state index contributed by atoms with van der Waals surface area (Å²) in [4.78, 5) is 11.1. The van der Waals surface area contributed by atoms with E-state index >= 15 is 0 Å². The Morgan fingerprint density at radius 3 is 2.84 bits per heavy atom. The first kappa shape index (κ1) is 15.9. The van der Waals surface area contributed by atoms with Crippen LogP contribution in [0.5, 0.6) is 5.75 Å². The molecule has 0 aliphatic heterocycles. The lowest BCUT2D eigenvalue weighted by atomic mass is 10.2. The summed E-state index contributed by atoms with van der Waals surface area (Å²) in [6.45, 7) is 1.93. The van der Waals surface area contributed by atoms with Crippen molar-refractivity contribution in [2.75, 3.05) is 34.0 Å². The van der Waals surface area contributed by atoms with Crippen LogP contribution in [0, 0.1) is 0 Å². The molecule has 0 aliphatic carbocycles. The van der Waals surface area contributed by atoms with Crippen molar-refractivity contribution in [2.45, 2.75) is 6.54 Å². The van der Waals surface area contributed by atoms with E-state index in [1.807, 2.05) is 18.2 Å². The largest absolute Gasteiger partial charge is 0.480 e. The number of benzene rings is 1. The van der Waals surface area contributed by atoms with Gasteiger partial charge in [0.15, 0.2) is 6.61 Å². The Morgan fingerprint density at radius 2 is 2.16 bits per heavy atom. The number of esters is 1. The number of para-hydroxylation sites is 1. The maximum atomic E-state index is 11.1. The van der Waals surface area contributed by atoms with Gasteiger partial charge in [0.25, 0.3) is 0 Å². The van der Waals surface area contributed by atoms with Gasteiger partial charge in [0.1, 0.15) is 5.75 Å². The summed E-state index contributed by atoms with van der Waals surface area (Å²) in [6, 6.07) is 5.73. The molecule has 0 heterocycles. The average Bonchev–Trinajstić information content (AvgIpc) is 2.42. The molecule has 0 saturated heterocycles. The summed E-state index contributed by atoms with van der Waals surface area (Å²) in [6.07, 6.45) is 0. The summed E-state index contributed by atoms with van der Waals surface area (Å²) < 4.78 is 15.8. The van der Waals surface area contributed by atoms with Crippen LogP contribution in [-0.4, -0.2) is 39.9 Å². The third-order valence-electron chi connectivity index (χ3n) is 2.41. The van der Waals surface area contributed by atoms with Crippen LogP contribution in [-0.2, 0) is 20.8 Å². The molecule has 0 aliphatic rings. The van der Waals surface area contributed by atoms with Crippen molar-refractivity contribution < 1.29 is 19.0 Å². The predicted octanol–water partition coefficient (Wildman–Crippen LogP) is 1.74. The van der Waals surface area contributed by atoms with E-state index in [9.17, 15) is 4.79 Å². The monoisotopic (exact) mass is 331 g/mol. The van der Waals surface area contributed by atoms with E-state index in [0.717, 1.165) is 16.6 Å². The fourth-order valence-corrected chi connectivity index (χ4v) is 1.96. The number of carbonyl (C=O) groups excluding carboxylic acids is 1. The second-order valence-corrected chi connectivity index (χ2v) is 4.62. The van der Waals surface area contributed by atoms with Gasteiger partial charge in [0, 0.05) is 25.8 Å². The SMILES string of the molecule is COCCNCc1cccc(Br)c1OCC(=O)OC. The summed E-state index contributed by atoms with van der Waals surface area (Å²) in [5.41, 5.74) is 0.967. The lowest BCUT2D eigenvalue weighted by Crippen LogP contribution is -2.20. The molecule has 6 heteroatoms. The van der Waals surface area contributed by atoms with E-state index in [-0.39, 0.29) is 6.61 Å². The molecule has 0 atom stereocenters. The molecule has 0 radical (unpaired) electrons. The van der Waals surface area contributed by atoms with Crippen LogP contribution in [0.4, 0.5) is 0 Å². The molecule has 106 valence electrons. The van der Waals surface area contributed by atoms with Crippen LogP contribution in [0.15, 0.2) is 22.7 Å². The molecule has 1 aromatic carbocycles. The van der Waals surface area contributed by atoms with Gasteiger partial charge in [-0.25, -0.2) is 4.79 Å². The van der Waals surface area contributed by atoms with Crippen LogP contribution in [0.1, 0.15) is 5.56 Å². The number of nitrogens with one attached hydrogen (secondary N) is 1. The van der Waals surface area contributed by atoms with Crippen molar-refractivity contribution in [3.8, 4) is 5.75 Å². The Labute approximate surface area is 121 Å². The molecule has 0 saturated carbocycles. The van der Waals surface area contributed by atoms with Gasteiger partial charge in [-0.05, 0) is 22.0 Å². The second kappa shape index (κ2) is 8.90. The number of methoxy groups -OCH3 is 2. The van der Waals surface area contributed by atoms with Crippen LogP contribution in [0.3, 0.4) is 0 Å². The van der Waals surface area contributed by atoms with Crippen molar-refractivity contribution in [2.24, 2.45) is 0 Å². The Morgan fingerprint density at radius 1 is 1.37 bits per heavy atom. The average molecular weight is 332 g/mol. The lowest BCUT2D eigenvalue weighted by Gasteiger charge is -2.13. The van der Waals surface area contributed by atoms with Crippen molar-refractivity contribution in [1.82, 2.24) is 5.32 Å². The zero-order valence-corrected chi connectivity index (χ0v) is 12.7. The molecular weight excluding hydrogens is 314 g/mol. The zero-order valence-electron chi connectivity index (χ0n) is 11.1. The van der Waals surface area contributed by atoms with Crippen LogP contribution in [0.25, 0.3) is 0 Å². The minimum atomic E-state index is -0.408. The van der Waals surface area contributed by atoms with E-state index in [1.165, 1.54) is 7.11 Å². The number of rotatable bonds is 8. The van der Waals surface area contributed by atoms with Crippen molar-refractivity contribution >= 4 is 21.9 Å². The smallest absolute Gasteiger partial charge is 0.343 e. The molecule has 0 amide bonds. The Hall–Kier alpha value is -1.11. The Kier molecular flexibility index (Phi) is 7.47. The Balaban J connectivity index is 2.63. The Bertz CT molecular complexity index is 412. The highest BCUT2D eigenvalue weighted by Crippen LogP contribution is 2.29. The van der Waals surface area contributed by atoms with Gasteiger partial charge >= 0.3 is 5.97 Å². The maximum Gasteiger partial charge on any atom is 0.343 e. The van der Waals surface area contributed by atoms with Gasteiger partial charge < -0.3 is 19.5 Å². The van der Waals surface area contributed by atoms with E-state index in [1.54, 1.807) is 7.11 Å². The summed E-state index contributed by atoms with van der Waals surface area (Å²) in [5.74, 6) is 0.242. The zero-order chi connectivity index (χ0) is 14.1. The molecule has 19 heavy (non-hydrogen) atoms. The quantitative estimate of drug-likeness (QED) is 0.580. The molecular formula is C13H18BrNO4. The first-order chi connectivity index (χ1) is 9.19. The minimum Gasteiger partial charge on any atom is -0.480 e. The molecule has 1 rings (SSSR count). The van der Waals surface area contributed by atoms with Crippen molar-refractivity contribution in [1.29, 1.82) is 0 Å². The van der Waals surface area contributed by atoms with E-state index in [0.29, 0.717) is 18.9 Å². The third-order valence-corrected chi connectivity index (χ3v) is 3.03. The molecule has 5 nitrogen and oxygen atoms in total. The highest BCUT2D eigenvalue weighted by atomic mass is 79.9. The first-order valence-electron chi connectivity index (χ1n) is 5.85. The molecule has 0 aromatic heterocycles. The fourth-order valence-electron chi connectivity index (χ4n) is 1.44. The lowest BCUT2D eigenvalue weighted by molar-refractivity contribution is -0.142. The van der Waals surface area contributed by atoms with Crippen LogP contribution >= 0.6 is 15.9 Å². The second-order valence-electron chi connectivity index (χ2n) is 3.76. The van der Waals surface area contributed by atoms with E-state index in [2.05, 4.69) is 26.0 Å². The molecule has 0 fully saturated rings. The van der Waals surface area contributed by atoms with Gasteiger partial charge in [-0.3, -0.25) is 0 Å². The molecule has 1 aromatic rings. The minimum absolute atomic E-state index is 0.107. The molecule has 0 unspecified atom stereocenters. The van der Waals surface area contributed by atoms with E-state index < -0.39 is 5.97 Å². The summed E-state index contributed by atoms with van der Waals surface area (Å²) in [5, 5.41) is 3.23. The van der Waals surface area contributed by atoms with E-state index in [4.69, 9.17) is 9.47 Å². The standard InChI is InChI=1S/C13H18BrNO4/c1-17-7-6-15-8-10-4-3-5-11(14)13(10)19-9-12(16)18-2/h3-5,15H,6-9H2,1-2H3. The molecule has 0 spiro atoms. The third kappa shape index (κ3) is 5.59. The molecule has 0 bridgehead atoms. The van der Waals surface area contributed by atoms with Gasteiger partial charge in [-0.15, -0.1) is 0 Å². The number of hydrogen-bond donors (Lipinski definition) is 1. The summed E-state index contributed by atoms with van der Waals surface area (Å²) in [7, 11) is 2.99. The molecule has 1 N–H and O–H groups in total. The fraction of sp³-hybridized carbons (Fsp3) is 0.462. The number of ether oxygens (including phenoxy) is 3. The van der Waals surface area contributed by atoms with Gasteiger partial charge in [-0.2, -0.15) is 0 Å². The first-order valence-corrected chi connectivity index (χ1v) is 6.65. The van der Waals surface area contributed by atoms with Gasteiger partial charge in [0.05, 0.1) is 18.2 Å². The topological polar surface area (TPSA) is 56.8 Å². The maximum absolute atomic E-state index is 11.1. The number of hydrogen-bond acceptors (Lipinski definition) is 5. The van der Waals surface area contributed by atoms with Gasteiger partial charge in [-0.1, -0.05) is 12.1 Å². The number of carbonyl (C=O) groups is 1. The van der Waals surface area contributed by atoms with Crippen LogP contribution < -0.4 is 10.1 Å². The van der Waals surface area contributed by atoms with Crippen LogP contribution in [0.2, 0.25) is 0 Å².